The van der Waals surface area contributed by atoms with E-state index in [9.17, 15) is 14.0 Å². The van der Waals surface area contributed by atoms with E-state index >= 15 is 0 Å². The van der Waals surface area contributed by atoms with Gasteiger partial charge in [0, 0.05) is 12.7 Å². The van der Waals surface area contributed by atoms with Crippen molar-refractivity contribution in [1.82, 2.24) is 0 Å². The summed E-state index contributed by atoms with van der Waals surface area (Å²) in [7, 11) is 1.66. The van der Waals surface area contributed by atoms with E-state index in [1.54, 1.807) is 24.1 Å². The summed E-state index contributed by atoms with van der Waals surface area (Å²) >= 11 is 6.10. The van der Waals surface area contributed by atoms with Crippen molar-refractivity contribution in [3.8, 4) is 0 Å². The standard InChI is InChI=1S/C17H12ClFN2O2/c1-20(12-5-3-2-4-6-12)15-14(18)16(22)21(17(15)23)13-9-7-11(19)8-10-13/h2-10H,1H3. The van der Waals surface area contributed by atoms with Gasteiger partial charge in [0.25, 0.3) is 11.8 Å². The van der Waals surface area contributed by atoms with Gasteiger partial charge in [-0.3, -0.25) is 9.59 Å². The molecule has 1 heterocycles. The van der Waals surface area contributed by atoms with Crippen LogP contribution < -0.4 is 9.80 Å². The van der Waals surface area contributed by atoms with Gasteiger partial charge in [-0.1, -0.05) is 29.8 Å². The van der Waals surface area contributed by atoms with E-state index in [0.717, 1.165) is 10.6 Å². The quantitative estimate of drug-likeness (QED) is 0.811. The van der Waals surface area contributed by atoms with Crippen molar-refractivity contribution in [1.29, 1.82) is 0 Å². The summed E-state index contributed by atoms with van der Waals surface area (Å²) in [5.41, 5.74) is 1.09. The van der Waals surface area contributed by atoms with Gasteiger partial charge in [-0.2, -0.15) is 0 Å². The predicted molar refractivity (Wildman–Crippen MR) is 86.6 cm³/mol. The van der Waals surface area contributed by atoms with Crippen molar-refractivity contribution in [2.45, 2.75) is 0 Å². The fourth-order valence-electron chi connectivity index (χ4n) is 2.39. The number of hydrogen-bond donors (Lipinski definition) is 0. The van der Waals surface area contributed by atoms with Crippen LogP contribution in [0, 0.1) is 5.82 Å². The van der Waals surface area contributed by atoms with Crippen molar-refractivity contribution < 1.29 is 14.0 Å². The van der Waals surface area contributed by atoms with Gasteiger partial charge >= 0.3 is 0 Å². The summed E-state index contributed by atoms with van der Waals surface area (Å²) in [6.07, 6.45) is 0. The highest BCUT2D eigenvalue weighted by Gasteiger charge is 2.40. The number of carbonyl (C=O) groups is 2. The molecule has 116 valence electrons. The molecule has 0 unspecified atom stereocenters. The van der Waals surface area contributed by atoms with Crippen molar-refractivity contribution in [2.24, 2.45) is 0 Å². The van der Waals surface area contributed by atoms with Crippen LogP contribution in [0.4, 0.5) is 15.8 Å². The lowest BCUT2D eigenvalue weighted by atomic mass is 10.2. The summed E-state index contributed by atoms with van der Waals surface area (Å²) in [6.45, 7) is 0. The molecule has 0 N–H and O–H groups in total. The molecule has 0 spiro atoms. The molecule has 1 aliphatic heterocycles. The lowest BCUT2D eigenvalue weighted by Gasteiger charge is -2.21. The van der Waals surface area contributed by atoms with E-state index in [4.69, 9.17) is 11.6 Å². The first-order valence-corrected chi connectivity index (χ1v) is 7.21. The smallest absolute Gasteiger partial charge is 0.283 e. The summed E-state index contributed by atoms with van der Waals surface area (Å²) in [4.78, 5) is 27.5. The Morgan fingerprint density at radius 1 is 0.957 bits per heavy atom. The first-order chi connectivity index (χ1) is 11.0. The Morgan fingerprint density at radius 2 is 1.57 bits per heavy atom. The third-order valence-corrected chi connectivity index (χ3v) is 3.91. The molecule has 2 aromatic rings. The SMILES string of the molecule is CN(C1=C(Cl)C(=O)N(c2ccc(F)cc2)C1=O)c1ccccc1. The lowest BCUT2D eigenvalue weighted by Crippen LogP contribution is -2.34. The molecule has 6 heteroatoms. The van der Waals surface area contributed by atoms with Crippen LogP contribution in [-0.2, 0) is 9.59 Å². The van der Waals surface area contributed by atoms with Gasteiger partial charge in [-0.25, -0.2) is 9.29 Å². The summed E-state index contributed by atoms with van der Waals surface area (Å²) in [5, 5.41) is -0.161. The number of hydrogen-bond acceptors (Lipinski definition) is 3. The zero-order valence-electron chi connectivity index (χ0n) is 12.2. The Balaban J connectivity index is 1.98. The average molecular weight is 331 g/mol. The minimum atomic E-state index is -0.624. The molecule has 0 aliphatic carbocycles. The zero-order chi connectivity index (χ0) is 16.6. The number of likely N-dealkylation sites (N-methyl/N-ethyl adjacent to an activating group) is 1. The number of rotatable bonds is 3. The first kappa shape index (κ1) is 15.2. The molecular weight excluding hydrogens is 319 g/mol. The van der Waals surface area contributed by atoms with E-state index in [1.807, 2.05) is 18.2 Å². The molecule has 3 rings (SSSR count). The average Bonchev–Trinajstić information content (AvgIpc) is 2.78. The van der Waals surface area contributed by atoms with Crippen LogP contribution in [0.3, 0.4) is 0 Å². The van der Waals surface area contributed by atoms with Crippen molar-refractivity contribution in [2.75, 3.05) is 16.8 Å². The van der Waals surface area contributed by atoms with E-state index in [2.05, 4.69) is 0 Å². The number of imide groups is 1. The molecule has 0 saturated carbocycles. The van der Waals surface area contributed by atoms with Crippen LogP contribution in [-0.4, -0.2) is 18.9 Å². The Kier molecular flexibility index (Phi) is 3.88. The van der Waals surface area contributed by atoms with Crippen molar-refractivity contribution >= 4 is 34.8 Å². The third kappa shape index (κ3) is 2.59. The second-order valence-corrected chi connectivity index (χ2v) is 5.36. The molecule has 0 bridgehead atoms. The maximum Gasteiger partial charge on any atom is 0.283 e. The Bertz CT molecular complexity index is 803. The minimum absolute atomic E-state index is 0.0900. The molecule has 0 atom stereocenters. The largest absolute Gasteiger partial charge is 0.339 e. The molecule has 4 nitrogen and oxygen atoms in total. The first-order valence-electron chi connectivity index (χ1n) is 6.83. The Hall–Kier alpha value is -2.66. The third-order valence-electron chi connectivity index (χ3n) is 3.57. The molecule has 0 fully saturated rings. The zero-order valence-corrected chi connectivity index (χ0v) is 12.9. The second kappa shape index (κ2) is 5.85. The monoisotopic (exact) mass is 330 g/mol. The normalized spacial score (nSPS) is 14.7. The highest BCUT2D eigenvalue weighted by molar-refractivity contribution is 6.53. The van der Waals surface area contributed by atoms with Crippen LogP contribution in [0.1, 0.15) is 0 Å². The van der Waals surface area contributed by atoms with Gasteiger partial charge in [-0.15, -0.1) is 0 Å². The summed E-state index contributed by atoms with van der Waals surface area (Å²) in [6, 6.07) is 14.2. The molecule has 0 saturated heterocycles. The van der Waals surface area contributed by atoms with Crippen molar-refractivity contribution in [3.63, 3.8) is 0 Å². The Morgan fingerprint density at radius 3 is 2.17 bits per heavy atom. The fourth-order valence-corrected chi connectivity index (χ4v) is 2.68. The Labute approximate surface area is 137 Å². The number of para-hydroxylation sites is 1. The van der Waals surface area contributed by atoms with E-state index in [1.165, 1.54) is 24.3 Å². The van der Waals surface area contributed by atoms with Gasteiger partial charge < -0.3 is 4.90 Å². The minimum Gasteiger partial charge on any atom is -0.339 e. The fraction of sp³-hybridized carbons (Fsp3) is 0.0588. The number of nitrogens with zero attached hydrogens (tertiary/aromatic N) is 2. The van der Waals surface area contributed by atoms with Crippen LogP contribution in [0.5, 0.6) is 0 Å². The second-order valence-electron chi connectivity index (χ2n) is 4.98. The molecular formula is C17H12ClFN2O2. The van der Waals surface area contributed by atoms with Crippen LogP contribution in [0.25, 0.3) is 0 Å². The predicted octanol–water partition coefficient (Wildman–Crippen LogP) is 3.29. The molecule has 23 heavy (non-hydrogen) atoms. The summed E-state index contributed by atoms with van der Waals surface area (Å²) < 4.78 is 13.0. The lowest BCUT2D eigenvalue weighted by molar-refractivity contribution is -0.120. The number of carbonyl (C=O) groups excluding carboxylic acids is 2. The highest BCUT2D eigenvalue weighted by atomic mass is 35.5. The van der Waals surface area contributed by atoms with Crippen LogP contribution in [0.15, 0.2) is 65.3 Å². The highest BCUT2D eigenvalue weighted by Crippen LogP contribution is 2.32. The van der Waals surface area contributed by atoms with Gasteiger partial charge in [0.15, 0.2) is 0 Å². The number of amides is 2. The molecule has 2 aromatic carbocycles. The van der Waals surface area contributed by atoms with Gasteiger partial charge in [-0.05, 0) is 36.4 Å². The van der Waals surface area contributed by atoms with Gasteiger partial charge in [0.05, 0.1) is 5.69 Å². The van der Waals surface area contributed by atoms with E-state index in [0.29, 0.717) is 0 Å². The van der Waals surface area contributed by atoms with E-state index < -0.39 is 17.6 Å². The maximum absolute atomic E-state index is 13.0. The molecule has 0 aromatic heterocycles. The van der Waals surface area contributed by atoms with Gasteiger partial charge in [0.1, 0.15) is 16.5 Å². The summed E-state index contributed by atoms with van der Waals surface area (Å²) in [5.74, 6) is -1.62. The topological polar surface area (TPSA) is 40.6 Å². The number of anilines is 2. The van der Waals surface area contributed by atoms with Crippen LogP contribution in [0.2, 0.25) is 0 Å². The maximum atomic E-state index is 13.0. The van der Waals surface area contributed by atoms with Crippen molar-refractivity contribution in [3.05, 3.63) is 71.1 Å². The molecule has 1 aliphatic rings. The van der Waals surface area contributed by atoms with E-state index in [-0.39, 0.29) is 16.4 Å². The van der Waals surface area contributed by atoms with Gasteiger partial charge in [0.2, 0.25) is 0 Å². The van der Waals surface area contributed by atoms with Crippen LogP contribution >= 0.6 is 11.6 Å². The molecule has 0 radical (unpaired) electrons. The number of halogens is 2. The number of benzene rings is 2. The molecule has 2 amide bonds.